The van der Waals surface area contributed by atoms with E-state index in [0.717, 1.165) is 28.4 Å². The quantitative estimate of drug-likeness (QED) is 0.777. The second-order valence-corrected chi connectivity index (χ2v) is 6.16. The van der Waals surface area contributed by atoms with Gasteiger partial charge in [0.1, 0.15) is 0 Å². The Morgan fingerprint density at radius 1 is 1.24 bits per heavy atom. The molecule has 0 atom stereocenters. The highest BCUT2D eigenvalue weighted by Crippen LogP contribution is 2.44. The fraction of sp³-hybridized carbons (Fsp3) is 0.500. The molecule has 0 aromatic heterocycles. The summed E-state index contributed by atoms with van der Waals surface area (Å²) in [6.45, 7) is 2.02. The van der Waals surface area contributed by atoms with E-state index in [-0.39, 0.29) is 11.4 Å². The van der Waals surface area contributed by atoms with E-state index in [9.17, 15) is 4.79 Å². The first-order valence-electron chi connectivity index (χ1n) is 6.25. The SMILES string of the molecule is Cc1cc(Br)cc2c1C(=O)NC21CCCCC1. The van der Waals surface area contributed by atoms with E-state index >= 15 is 0 Å². The minimum atomic E-state index is -0.0702. The zero-order valence-electron chi connectivity index (χ0n) is 9.98. The molecule has 2 aliphatic rings. The Morgan fingerprint density at radius 2 is 1.94 bits per heavy atom. The summed E-state index contributed by atoms with van der Waals surface area (Å²) in [5.74, 6) is 0.118. The van der Waals surface area contributed by atoms with Crippen LogP contribution in [-0.4, -0.2) is 5.91 Å². The maximum Gasteiger partial charge on any atom is 0.252 e. The van der Waals surface area contributed by atoms with Crippen molar-refractivity contribution in [1.82, 2.24) is 5.32 Å². The maximum atomic E-state index is 12.1. The van der Waals surface area contributed by atoms with E-state index in [0.29, 0.717) is 0 Å². The molecule has 17 heavy (non-hydrogen) atoms. The highest BCUT2D eigenvalue weighted by molar-refractivity contribution is 9.10. The average molecular weight is 294 g/mol. The van der Waals surface area contributed by atoms with Crippen LogP contribution in [0.5, 0.6) is 0 Å². The Balaban J connectivity index is 2.18. The Morgan fingerprint density at radius 3 is 2.65 bits per heavy atom. The highest BCUT2D eigenvalue weighted by atomic mass is 79.9. The van der Waals surface area contributed by atoms with Gasteiger partial charge < -0.3 is 5.32 Å². The molecular weight excluding hydrogens is 278 g/mol. The Bertz CT molecular complexity index is 489. The summed E-state index contributed by atoms with van der Waals surface area (Å²) in [6.07, 6.45) is 5.89. The molecule has 1 aliphatic carbocycles. The summed E-state index contributed by atoms with van der Waals surface area (Å²) in [5, 5.41) is 3.24. The van der Waals surface area contributed by atoms with Crippen LogP contribution in [0, 0.1) is 6.92 Å². The number of fused-ring (bicyclic) bond motifs is 2. The van der Waals surface area contributed by atoms with Crippen molar-refractivity contribution < 1.29 is 4.79 Å². The van der Waals surface area contributed by atoms with Crippen LogP contribution in [-0.2, 0) is 5.54 Å². The maximum absolute atomic E-state index is 12.1. The largest absolute Gasteiger partial charge is 0.342 e. The molecule has 1 saturated carbocycles. The molecule has 1 fully saturated rings. The van der Waals surface area contributed by atoms with E-state index in [4.69, 9.17) is 0 Å². The van der Waals surface area contributed by atoms with Gasteiger partial charge in [-0.3, -0.25) is 4.79 Å². The first kappa shape index (κ1) is 11.3. The predicted octanol–water partition coefficient (Wildman–Crippen LogP) is 3.66. The molecule has 1 amide bonds. The van der Waals surface area contributed by atoms with Gasteiger partial charge in [-0.25, -0.2) is 0 Å². The number of amides is 1. The van der Waals surface area contributed by atoms with E-state index in [1.165, 1.54) is 24.8 Å². The number of halogens is 1. The first-order valence-corrected chi connectivity index (χ1v) is 7.05. The lowest BCUT2D eigenvalue weighted by atomic mass is 9.77. The molecule has 3 heteroatoms. The monoisotopic (exact) mass is 293 g/mol. The molecule has 1 N–H and O–H groups in total. The van der Waals surface area contributed by atoms with Gasteiger partial charge in [0.25, 0.3) is 5.91 Å². The van der Waals surface area contributed by atoms with Crippen molar-refractivity contribution in [3.05, 3.63) is 33.3 Å². The summed E-state index contributed by atoms with van der Waals surface area (Å²) in [7, 11) is 0. The molecular formula is C14H16BrNO. The van der Waals surface area contributed by atoms with Crippen molar-refractivity contribution in [2.45, 2.75) is 44.6 Å². The van der Waals surface area contributed by atoms with Crippen molar-refractivity contribution in [3.63, 3.8) is 0 Å². The Kier molecular flexibility index (Phi) is 2.54. The van der Waals surface area contributed by atoms with Gasteiger partial charge in [-0.15, -0.1) is 0 Å². The van der Waals surface area contributed by atoms with Crippen LogP contribution in [0.2, 0.25) is 0 Å². The number of rotatable bonds is 0. The molecule has 0 saturated heterocycles. The average Bonchev–Trinajstić information content (AvgIpc) is 2.53. The predicted molar refractivity (Wildman–Crippen MR) is 71.1 cm³/mol. The number of hydrogen-bond acceptors (Lipinski definition) is 1. The van der Waals surface area contributed by atoms with E-state index in [1.807, 2.05) is 13.0 Å². The number of carbonyl (C=O) groups is 1. The van der Waals surface area contributed by atoms with Gasteiger partial charge in [-0.1, -0.05) is 35.2 Å². The third-order valence-electron chi connectivity index (χ3n) is 4.10. The fourth-order valence-corrected chi connectivity index (χ4v) is 3.89. The molecule has 2 nitrogen and oxygen atoms in total. The summed E-state index contributed by atoms with van der Waals surface area (Å²) < 4.78 is 1.08. The van der Waals surface area contributed by atoms with E-state index < -0.39 is 0 Å². The van der Waals surface area contributed by atoms with Gasteiger partial charge >= 0.3 is 0 Å². The lowest BCUT2D eigenvalue weighted by Gasteiger charge is -2.34. The summed E-state index contributed by atoms with van der Waals surface area (Å²) >= 11 is 3.55. The van der Waals surface area contributed by atoms with E-state index in [2.05, 4.69) is 27.3 Å². The number of nitrogens with one attached hydrogen (secondary N) is 1. The van der Waals surface area contributed by atoms with Crippen molar-refractivity contribution in [1.29, 1.82) is 0 Å². The van der Waals surface area contributed by atoms with Crippen LogP contribution in [0.1, 0.15) is 53.6 Å². The number of carbonyl (C=O) groups excluding carboxylic acids is 1. The summed E-state index contributed by atoms with van der Waals surface area (Å²) in [4.78, 5) is 12.1. The van der Waals surface area contributed by atoms with Crippen LogP contribution < -0.4 is 5.32 Å². The molecule has 1 aromatic rings. The number of benzene rings is 1. The zero-order chi connectivity index (χ0) is 12.0. The second-order valence-electron chi connectivity index (χ2n) is 5.24. The number of hydrogen-bond donors (Lipinski definition) is 1. The topological polar surface area (TPSA) is 29.1 Å². The highest BCUT2D eigenvalue weighted by Gasteiger charge is 2.44. The Labute approximate surface area is 110 Å². The van der Waals surface area contributed by atoms with Crippen molar-refractivity contribution >= 4 is 21.8 Å². The zero-order valence-corrected chi connectivity index (χ0v) is 11.6. The molecule has 0 bridgehead atoms. The first-order chi connectivity index (χ1) is 8.12. The molecule has 1 aliphatic heterocycles. The third-order valence-corrected chi connectivity index (χ3v) is 4.56. The van der Waals surface area contributed by atoms with Crippen molar-refractivity contribution in [3.8, 4) is 0 Å². The van der Waals surface area contributed by atoms with Crippen molar-refractivity contribution in [2.75, 3.05) is 0 Å². The van der Waals surface area contributed by atoms with Crippen LogP contribution in [0.4, 0.5) is 0 Å². The van der Waals surface area contributed by atoms with Gasteiger partial charge in [-0.2, -0.15) is 0 Å². The van der Waals surface area contributed by atoms with E-state index in [1.54, 1.807) is 0 Å². The molecule has 0 radical (unpaired) electrons. The molecule has 0 unspecified atom stereocenters. The van der Waals surface area contributed by atoms with Gasteiger partial charge in [0.2, 0.25) is 0 Å². The van der Waals surface area contributed by atoms with Gasteiger partial charge in [0, 0.05) is 10.0 Å². The van der Waals surface area contributed by atoms with Gasteiger partial charge in [0.05, 0.1) is 5.54 Å². The van der Waals surface area contributed by atoms with Crippen LogP contribution in [0.3, 0.4) is 0 Å². The van der Waals surface area contributed by atoms with Crippen LogP contribution >= 0.6 is 15.9 Å². The third kappa shape index (κ3) is 1.63. The normalized spacial score (nSPS) is 21.4. The molecule has 1 heterocycles. The Hall–Kier alpha value is -0.830. The molecule has 1 spiro atoms. The molecule has 1 aromatic carbocycles. The minimum Gasteiger partial charge on any atom is -0.342 e. The number of aryl methyl sites for hydroxylation is 1. The second kappa shape index (κ2) is 3.84. The standard InChI is InChI=1S/C14H16BrNO/c1-9-7-10(15)8-11-12(9)13(17)16-14(11)5-3-2-4-6-14/h7-8H,2-6H2,1H3,(H,16,17). The van der Waals surface area contributed by atoms with Gasteiger partial charge in [-0.05, 0) is 43.0 Å². The van der Waals surface area contributed by atoms with Gasteiger partial charge in [0.15, 0.2) is 0 Å². The smallest absolute Gasteiger partial charge is 0.252 e. The minimum absolute atomic E-state index is 0.0702. The lowest BCUT2D eigenvalue weighted by molar-refractivity contribution is 0.0909. The molecule has 90 valence electrons. The lowest BCUT2D eigenvalue weighted by Crippen LogP contribution is -2.40. The summed E-state index contributed by atoms with van der Waals surface area (Å²) in [6, 6.07) is 4.16. The fourth-order valence-electron chi connectivity index (χ4n) is 3.32. The molecule has 3 rings (SSSR count). The van der Waals surface area contributed by atoms with Crippen LogP contribution in [0.15, 0.2) is 16.6 Å². The summed E-state index contributed by atoms with van der Waals surface area (Å²) in [5.41, 5.74) is 3.14. The van der Waals surface area contributed by atoms with Crippen molar-refractivity contribution in [2.24, 2.45) is 0 Å². The van der Waals surface area contributed by atoms with Crippen LogP contribution in [0.25, 0.3) is 0 Å².